The van der Waals surface area contributed by atoms with Crippen molar-refractivity contribution in [2.75, 3.05) is 11.5 Å². The molecule has 2 N–H and O–H groups in total. The lowest BCUT2D eigenvalue weighted by molar-refractivity contribution is -0.151. The quantitative estimate of drug-likeness (QED) is 0.421. The zero-order valence-electron chi connectivity index (χ0n) is 17.2. The van der Waals surface area contributed by atoms with Crippen molar-refractivity contribution in [1.29, 1.82) is 0 Å². The van der Waals surface area contributed by atoms with E-state index in [1.165, 1.54) is 44.4 Å². The molecular weight excluding hydrogens is 496 g/mol. The number of nitrogens with one attached hydrogen (secondary N) is 1. The third-order valence-electron chi connectivity index (χ3n) is 5.06. The Balaban J connectivity index is 1.45. The van der Waals surface area contributed by atoms with Gasteiger partial charge in [-0.1, -0.05) is 34.7 Å². The second-order valence-electron chi connectivity index (χ2n) is 7.25. The summed E-state index contributed by atoms with van der Waals surface area (Å²) in [5, 5.41) is 25.5. The van der Waals surface area contributed by atoms with E-state index in [1.807, 2.05) is 6.92 Å². The van der Waals surface area contributed by atoms with Crippen molar-refractivity contribution < 1.29 is 19.5 Å². The average molecular weight is 515 g/mol. The number of carbonyl (C=O) groups excluding carboxylic acids is 2. The largest absolute Gasteiger partial charge is 0.477 e. The highest BCUT2D eigenvalue weighted by Crippen LogP contribution is 2.42. The van der Waals surface area contributed by atoms with Crippen molar-refractivity contribution in [3.05, 3.63) is 33.2 Å². The monoisotopic (exact) mass is 514 g/mol. The number of nitrogens with zero attached hydrogens (tertiary/aromatic N) is 5. The number of hydrogen-bond donors (Lipinski definition) is 2. The van der Waals surface area contributed by atoms with Crippen molar-refractivity contribution in [2.45, 2.75) is 42.6 Å². The summed E-state index contributed by atoms with van der Waals surface area (Å²) in [6.45, 7) is 5.23. The van der Waals surface area contributed by atoms with E-state index >= 15 is 0 Å². The third-order valence-corrected chi connectivity index (χ3v) is 8.83. The number of aromatic nitrogens is 4. The van der Waals surface area contributed by atoms with Crippen molar-refractivity contribution >= 4 is 64.2 Å². The van der Waals surface area contributed by atoms with E-state index in [4.69, 9.17) is 11.6 Å². The second-order valence-corrected chi connectivity index (χ2v) is 11.2. The van der Waals surface area contributed by atoms with Crippen LogP contribution in [0.1, 0.15) is 23.7 Å². The molecular formula is C18H19ClN6O4S3. The molecule has 0 saturated carbocycles. The first kappa shape index (κ1) is 23.1. The summed E-state index contributed by atoms with van der Waals surface area (Å²) in [4.78, 5) is 38.7. The Morgan fingerprint density at radius 3 is 2.75 bits per heavy atom. The molecule has 2 amide bonds. The fourth-order valence-corrected chi connectivity index (χ4v) is 6.77. The minimum Gasteiger partial charge on any atom is -0.477 e. The van der Waals surface area contributed by atoms with E-state index < -0.39 is 35.2 Å². The van der Waals surface area contributed by atoms with Gasteiger partial charge in [0.25, 0.3) is 5.91 Å². The van der Waals surface area contributed by atoms with E-state index in [9.17, 15) is 19.5 Å². The molecule has 0 spiro atoms. The van der Waals surface area contributed by atoms with Gasteiger partial charge in [0.15, 0.2) is 4.34 Å². The number of aliphatic carboxylic acids is 1. The summed E-state index contributed by atoms with van der Waals surface area (Å²) < 4.78 is 2.18. The van der Waals surface area contributed by atoms with E-state index in [0.717, 1.165) is 9.35 Å². The summed E-state index contributed by atoms with van der Waals surface area (Å²) in [5.74, 6) is -1.16. The van der Waals surface area contributed by atoms with Gasteiger partial charge in [-0.2, -0.15) is 5.10 Å². The number of fused-ring (bicyclic) bond motifs is 1. The standard InChI is InChI=1S/C18H19ClN6O4S3/c1-7-11(19)4-24(23-7)8(2)14(26)20-12-15(27)25-13(17(28)29)10(5-30-16(12)25)6-31-18-22-21-9(3)32-18/h4,8,12,16H,5-6H2,1-3H3,(H,20,26)(H,28,29)/t8-,12+,16-/m1/s1. The molecule has 2 aliphatic rings. The molecule has 4 heterocycles. The van der Waals surface area contributed by atoms with E-state index in [2.05, 4.69) is 20.6 Å². The van der Waals surface area contributed by atoms with Crippen LogP contribution in [0.5, 0.6) is 0 Å². The van der Waals surface area contributed by atoms with Gasteiger partial charge in [-0.3, -0.25) is 19.2 Å². The maximum Gasteiger partial charge on any atom is 0.352 e. The van der Waals surface area contributed by atoms with E-state index in [1.54, 1.807) is 20.0 Å². The first-order valence-electron chi connectivity index (χ1n) is 9.52. The summed E-state index contributed by atoms with van der Waals surface area (Å²) in [6, 6.07) is -1.47. The molecule has 3 atom stereocenters. The molecule has 0 radical (unpaired) electrons. The number of halogens is 1. The van der Waals surface area contributed by atoms with Crippen molar-refractivity contribution in [3.8, 4) is 0 Å². The third kappa shape index (κ3) is 4.26. The Morgan fingerprint density at radius 2 is 2.16 bits per heavy atom. The molecule has 10 nitrogen and oxygen atoms in total. The zero-order valence-corrected chi connectivity index (χ0v) is 20.4. The van der Waals surface area contributed by atoms with Gasteiger partial charge in [0.05, 0.1) is 10.7 Å². The Kier molecular flexibility index (Phi) is 6.52. The molecule has 2 aliphatic heterocycles. The minimum absolute atomic E-state index is 0.0134. The van der Waals surface area contributed by atoms with Crippen molar-refractivity contribution in [1.82, 2.24) is 30.2 Å². The summed E-state index contributed by atoms with van der Waals surface area (Å²) in [5.41, 5.74) is 1.23. The maximum atomic E-state index is 12.8. The molecule has 32 heavy (non-hydrogen) atoms. The number of carboxylic acids is 1. The Bertz CT molecular complexity index is 1110. The van der Waals surface area contributed by atoms with E-state index in [0.29, 0.717) is 27.8 Å². The summed E-state index contributed by atoms with van der Waals surface area (Å²) >= 11 is 10.3. The van der Waals surface area contributed by atoms with Crippen LogP contribution >= 0.6 is 46.5 Å². The van der Waals surface area contributed by atoms with Crippen LogP contribution in [0.4, 0.5) is 0 Å². The average Bonchev–Trinajstić information content (AvgIpc) is 3.33. The van der Waals surface area contributed by atoms with Gasteiger partial charge in [-0.25, -0.2) is 4.79 Å². The van der Waals surface area contributed by atoms with Gasteiger partial charge >= 0.3 is 5.97 Å². The molecule has 4 rings (SSSR count). The van der Waals surface area contributed by atoms with Crippen LogP contribution in [-0.4, -0.2) is 70.7 Å². The highest BCUT2D eigenvalue weighted by Gasteiger charge is 2.54. The molecule has 2 aromatic heterocycles. The molecule has 14 heteroatoms. The van der Waals surface area contributed by atoms with Crippen LogP contribution in [0.25, 0.3) is 0 Å². The van der Waals surface area contributed by atoms with Gasteiger partial charge in [0, 0.05) is 17.7 Å². The van der Waals surface area contributed by atoms with Crippen LogP contribution in [0.3, 0.4) is 0 Å². The number of aryl methyl sites for hydroxylation is 2. The molecule has 1 fully saturated rings. The number of carbonyl (C=O) groups is 3. The number of hydrogen-bond acceptors (Lipinski definition) is 9. The van der Waals surface area contributed by atoms with Crippen LogP contribution in [-0.2, 0) is 14.4 Å². The van der Waals surface area contributed by atoms with Crippen molar-refractivity contribution in [3.63, 3.8) is 0 Å². The van der Waals surface area contributed by atoms with Gasteiger partial charge in [0.2, 0.25) is 5.91 Å². The smallest absolute Gasteiger partial charge is 0.352 e. The van der Waals surface area contributed by atoms with E-state index in [-0.39, 0.29) is 5.70 Å². The van der Waals surface area contributed by atoms with Gasteiger partial charge in [-0.15, -0.1) is 22.0 Å². The predicted molar refractivity (Wildman–Crippen MR) is 122 cm³/mol. The molecule has 0 unspecified atom stereocenters. The van der Waals surface area contributed by atoms with Crippen molar-refractivity contribution in [2.24, 2.45) is 0 Å². The molecule has 0 bridgehead atoms. The molecule has 0 aliphatic carbocycles. The van der Waals surface area contributed by atoms with Crippen LogP contribution < -0.4 is 5.32 Å². The summed E-state index contributed by atoms with van der Waals surface area (Å²) in [7, 11) is 0. The highest BCUT2D eigenvalue weighted by atomic mass is 35.5. The summed E-state index contributed by atoms with van der Waals surface area (Å²) in [6.07, 6.45) is 1.56. The zero-order chi connectivity index (χ0) is 23.2. The Morgan fingerprint density at radius 1 is 1.41 bits per heavy atom. The van der Waals surface area contributed by atoms with Crippen LogP contribution in [0.15, 0.2) is 21.8 Å². The highest BCUT2D eigenvalue weighted by molar-refractivity contribution is 8.01. The second kappa shape index (κ2) is 9.04. The fraction of sp³-hybridized carbons (Fsp3) is 0.444. The molecule has 1 saturated heterocycles. The topological polar surface area (TPSA) is 130 Å². The normalized spacial score (nSPS) is 21.2. The molecule has 2 aromatic rings. The Labute approximate surface area is 200 Å². The fourth-order valence-electron chi connectivity index (χ4n) is 3.33. The Hall–Kier alpha value is -2.09. The predicted octanol–water partition coefficient (Wildman–Crippen LogP) is 2.10. The lowest BCUT2D eigenvalue weighted by atomic mass is 10.0. The minimum atomic E-state index is -1.16. The number of rotatable bonds is 7. The number of β-lactam (4-membered cyclic amide) rings is 1. The molecule has 170 valence electrons. The first-order chi connectivity index (χ1) is 15.2. The lowest BCUT2D eigenvalue weighted by Crippen LogP contribution is -2.71. The SMILES string of the molecule is Cc1nnc(SCC2=C(C(=O)O)N3C(=O)[C@H](NC(=O)[C@@H](C)n4cc(Cl)c(C)n4)[C@H]3SC2)s1. The number of thioether (sulfide) groups is 2. The van der Waals surface area contributed by atoms with Gasteiger partial charge < -0.3 is 10.4 Å². The lowest BCUT2D eigenvalue weighted by Gasteiger charge is -2.49. The maximum absolute atomic E-state index is 12.8. The number of amides is 2. The van der Waals surface area contributed by atoms with Gasteiger partial charge in [0.1, 0.15) is 28.2 Å². The first-order valence-corrected chi connectivity index (χ1v) is 12.7. The van der Waals surface area contributed by atoms with Crippen LogP contribution in [0, 0.1) is 13.8 Å². The number of carboxylic acid groups (broad SMARTS) is 1. The van der Waals surface area contributed by atoms with Crippen LogP contribution in [0.2, 0.25) is 5.02 Å². The molecule has 0 aromatic carbocycles. The van der Waals surface area contributed by atoms with Gasteiger partial charge in [-0.05, 0) is 26.3 Å².